The fourth-order valence-corrected chi connectivity index (χ4v) is 7.48. The van der Waals surface area contributed by atoms with Crippen LogP contribution >= 0.6 is 11.3 Å². The summed E-state index contributed by atoms with van der Waals surface area (Å²) in [6, 6.07) is 19.5. The molecule has 2 atom stereocenters. The second-order valence-corrected chi connectivity index (χ2v) is 14.7. The number of carboxylic acids is 1. The summed E-state index contributed by atoms with van der Waals surface area (Å²) in [4.78, 5) is 31.6. The van der Waals surface area contributed by atoms with Gasteiger partial charge in [-0.2, -0.15) is 0 Å². The van der Waals surface area contributed by atoms with Crippen molar-refractivity contribution in [1.29, 1.82) is 0 Å². The van der Waals surface area contributed by atoms with E-state index in [1.165, 1.54) is 10.4 Å². The number of pyridine rings is 1. The van der Waals surface area contributed by atoms with Crippen LogP contribution in [0, 0.1) is 0 Å². The number of hydrogen-bond acceptors (Lipinski definition) is 5. The third-order valence-corrected chi connectivity index (χ3v) is 10.3. The molecule has 4 rings (SSSR count). The molecule has 2 aromatic heterocycles. The van der Waals surface area contributed by atoms with Crippen LogP contribution in [-0.4, -0.2) is 36.4 Å². The van der Waals surface area contributed by atoms with E-state index in [0.29, 0.717) is 23.8 Å². The zero-order valence-corrected chi connectivity index (χ0v) is 24.7. The number of ether oxygens (including phenoxy) is 1. The number of nitrogens with zero attached hydrogens (tertiary/aromatic N) is 1. The molecule has 192 valence electrons. The van der Waals surface area contributed by atoms with Crippen LogP contribution in [0.3, 0.4) is 0 Å². The van der Waals surface area contributed by atoms with Crippen LogP contribution in [0.5, 0.6) is 11.5 Å². The molecule has 0 spiro atoms. The number of rotatable bonds is 9. The van der Waals surface area contributed by atoms with Gasteiger partial charge in [0.1, 0.15) is 0 Å². The first-order valence-corrected chi connectivity index (χ1v) is 15.4. The molecule has 5 nitrogen and oxygen atoms in total. The number of carboxylic acid groups (broad SMARTS) is 1. The molecule has 4 aromatic rings. The third-order valence-electron chi connectivity index (χ3n) is 6.14. The molecule has 0 aliphatic heterocycles. The van der Waals surface area contributed by atoms with Crippen LogP contribution in [-0.2, 0) is 16.6 Å². The second kappa shape index (κ2) is 11.2. The van der Waals surface area contributed by atoms with Gasteiger partial charge in [0, 0.05) is 0 Å². The summed E-state index contributed by atoms with van der Waals surface area (Å²) < 4.78 is 5.22. The van der Waals surface area contributed by atoms with Gasteiger partial charge < -0.3 is 0 Å². The number of aliphatic carboxylic acids is 1. The van der Waals surface area contributed by atoms with E-state index in [1.54, 1.807) is 23.6 Å². The topological polar surface area (TPSA) is 76.5 Å². The van der Waals surface area contributed by atoms with E-state index in [2.05, 4.69) is 57.8 Å². The molecule has 0 aliphatic carbocycles. The first-order chi connectivity index (χ1) is 17.5. The Balaban J connectivity index is 1.45. The monoisotopic (exact) mass is 577 g/mol. The predicted octanol–water partition coefficient (Wildman–Crippen LogP) is 7.20. The normalized spacial score (nSPS) is 12.9. The Morgan fingerprint density at radius 2 is 1.68 bits per heavy atom. The van der Waals surface area contributed by atoms with Gasteiger partial charge in [-0.05, 0) is 5.41 Å². The summed E-state index contributed by atoms with van der Waals surface area (Å²) in [7, 11) is 0. The molecule has 37 heavy (non-hydrogen) atoms. The second-order valence-electron chi connectivity index (χ2n) is 10.5. The summed E-state index contributed by atoms with van der Waals surface area (Å²) in [5.74, 6) is 0.934. The number of benzene rings is 2. The molecular weight excluding hydrogens is 545 g/mol. The molecule has 2 aromatic carbocycles. The van der Waals surface area contributed by atoms with Gasteiger partial charge >= 0.3 is 203 Å². The number of carbonyl (C=O) groups is 2. The van der Waals surface area contributed by atoms with Crippen molar-refractivity contribution in [1.82, 2.24) is 4.98 Å². The molecule has 7 heteroatoms. The Morgan fingerprint density at radius 3 is 2.30 bits per heavy atom. The maximum absolute atomic E-state index is 13.0. The van der Waals surface area contributed by atoms with Crippen molar-refractivity contribution in [2.24, 2.45) is 0 Å². The summed E-state index contributed by atoms with van der Waals surface area (Å²) >= 11 is 0.187. The van der Waals surface area contributed by atoms with Gasteiger partial charge in [-0.25, -0.2) is 0 Å². The van der Waals surface area contributed by atoms with Crippen molar-refractivity contribution in [3.63, 3.8) is 0 Å². The maximum atomic E-state index is 13.0. The molecule has 2 heterocycles. The van der Waals surface area contributed by atoms with Crippen molar-refractivity contribution in [2.45, 2.75) is 57.1 Å². The van der Waals surface area contributed by atoms with Gasteiger partial charge in [0.25, 0.3) is 0 Å². The Hall–Kier alpha value is -2.95. The van der Waals surface area contributed by atoms with Crippen LogP contribution in [0.1, 0.15) is 66.3 Å². The molecular formula is C30H32AsNO4S. The molecule has 0 amide bonds. The zero-order chi connectivity index (χ0) is 26.7. The Labute approximate surface area is 228 Å². The fraction of sp³-hybridized carbons (Fsp3) is 0.300. The van der Waals surface area contributed by atoms with Gasteiger partial charge in [-0.15, -0.1) is 0 Å². The van der Waals surface area contributed by atoms with Gasteiger partial charge in [-0.3, -0.25) is 0 Å². The SMILES string of the molecule is CC(C)c1ccc(CC([AsH]C(=O)c2cc3ccc(Oc4ccc(C(C)(C)C)cc4)cc3cn2)C(=O)O)s1. The predicted molar refractivity (Wildman–Crippen MR) is 152 cm³/mol. The van der Waals surface area contributed by atoms with Gasteiger partial charge in [-0.1, -0.05) is 20.8 Å². The first-order valence-electron chi connectivity index (χ1n) is 12.3. The standard InChI is InChI=1S/C30H32AsNO4S/c1-18(2)27-13-12-24(37-27)16-25(29(34)35)31-28(33)26-15-19-6-9-23(14-20(19)17-32-26)36-22-10-7-21(8-11-22)30(3,4)5/h6-15,17-18,25,31H,16H2,1-5H3,(H,34,35). The fourth-order valence-electron chi connectivity index (χ4n) is 3.91. The number of fused-ring (bicyclic) bond motifs is 1. The number of aromatic nitrogens is 1. The van der Waals surface area contributed by atoms with E-state index in [0.717, 1.165) is 21.4 Å². The number of carbonyl (C=O) groups excluding carboxylic acids is 1. The Bertz CT molecular complexity index is 1420. The van der Waals surface area contributed by atoms with Crippen LogP contribution in [0.15, 0.2) is 66.9 Å². The van der Waals surface area contributed by atoms with E-state index >= 15 is 0 Å². The van der Waals surface area contributed by atoms with E-state index in [9.17, 15) is 14.7 Å². The van der Waals surface area contributed by atoms with Crippen LogP contribution in [0.4, 0.5) is 0 Å². The Kier molecular flexibility index (Phi) is 8.20. The summed E-state index contributed by atoms with van der Waals surface area (Å²) in [5.41, 5.74) is 1.65. The van der Waals surface area contributed by atoms with Crippen LogP contribution in [0.2, 0.25) is 4.71 Å². The van der Waals surface area contributed by atoms with E-state index < -0.39 is 26.4 Å². The van der Waals surface area contributed by atoms with Crippen LogP contribution in [0.25, 0.3) is 10.8 Å². The first kappa shape index (κ1) is 27.1. The molecule has 0 saturated heterocycles. The van der Waals surface area contributed by atoms with Gasteiger partial charge in [0.2, 0.25) is 0 Å². The zero-order valence-electron chi connectivity index (χ0n) is 21.7. The van der Waals surface area contributed by atoms with Crippen molar-refractivity contribution >= 4 is 48.4 Å². The molecule has 0 bridgehead atoms. The molecule has 2 unspecified atom stereocenters. The third kappa shape index (κ3) is 6.88. The summed E-state index contributed by atoms with van der Waals surface area (Å²) in [5, 5.41) is 11.5. The number of hydrogen-bond donors (Lipinski definition) is 1. The van der Waals surface area contributed by atoms with Crippen LogP contribution < -0.4 is 4.74 Å². The Morgan fingerprint density at radius 1 is 0.973 bits per heavy atom. The van der Waals surface area contributed by atoms with Crippen molar-refractivity contribution in [2.75, 3.05) is 0 Å². The van der Waals surface area contributed by atoms with Crippen molar-refractivity contribution in [3.8, 4) is 11.5 Å². The summed E-state index contributed by atoms with van der Waals surface area (Å²) in [6.07, 6.45) is 2.05. The minimum atomic E-state index is -1.45. The quantitative estimate of drug-likeness (QED) is 0.213. The minimum absolute atomic E-state index is 0.0800. The number of thiophene rings is 1. The van der Waals surface area contributed by atoms with Crippen molar-refractivity contribution in [3.05, 3.63) is 87.9 Å². The average Bonchev–Trinajstić information content (AvgIpc) is 3.32. The molecule has 0 aliphatic rings. The van der Waals surface area contributed by atoms with E-state index in [4.69, 9.17) is 4.74 Å². The average molecular weight is 578 g/mol. The molecule has 1 N–H and O–H groups in total. The molecule has 0 fully saturated rings. The van der Waals surface area contributed by atoms with E-state index in [1.807, 2.05) is 36.4 Å². The molecule has 0 saturated carbocycles. The molecule has 0 radical (unpaired) electrons. The van der Waals surface area contributed by atoms with Gasteiger partial charge in [0.15, 0.2) is 0 Å². The van der Waals surface area contributed by atoms with Gasteiger partial charge in [0.05, 0.1) is 0 Å². The summed E-state index contributed by atoms with van der Waals surface area (Å²) in [6.45, 7) is 10.8. The van der Waals surface area contributed by atoms with E-state index in [-0.39, 0.29) is 9.99 Å². The van der Waals surface area contributed by atoms with Crippen molar-refractivity contribution < 1.29 is 19.4 Å².